The maximum absolute atomic E-state index is 11.1. The third-order valence-corrected chi connectivity index (χ3v) is 5.19. The molecule has 1 amide bonds. The van der Waals surface area contributed by atoms with E-state index in [1.165, 1.54) is 96.3 Å². The van der Waals surface area contributed by atoms with Gasteiger partial charge >= 0.3 is 6.09 Å². The van der Waals surface area contributed by atoms with Crippen LogP contribution in [0.4, 0.5) is 4.79 Å². The maximum Gasteiger partial charge on any atom is 0.407 e. The van der Waals surface area contributed by atoms with E-state index in [4.69, 9.17) is 14.6 Å². The van der Waals surface area contributed by atoms with Gasteiger partial charge in [0.15, 0.2) is 0 Å². The molecule has 0 aromatic heterocycles. The quantitative estimate of drug-likeness (QED) is 0.190. The van der Waals surface area contributed by atoms with Crippen molar-refractivity contribution in [3.63, 3.8) is 0 Å². The van der Waals surface area contributed by atoms with Gasteiger partial charge in [0.2, 0.25) is 0 Å². The Bertz CT molecular complexity index is 326. The minimum atomic E-state index is -0.475. The Labute approximate surface area is 180 Å². The van der Waals surface area contributed by atoms with Crippen LogP contribution in [-0.4, -0.2) is 44.2 Å². The number of nitrogens with one attached hydrogen (secondary N) is 1. The lowest BCUT2D eigenvalue weighted by Gasteiger charge is -2.07. The predicted molar refractivity (Wildman–Crippen MR) is 121 cm³/mol. The van der Waals surface area contributed by atoms with Crippen LogP contribution >= 0.6 is 0 Å². The number of rotatable bonds is 23. The van der Waals surface area contributed by atoms with Crippen LogP contribution in [0.15, 0.2) is 0 Å². The van der Waals surface area contributed by atoms with Crippen molar-refractivity contribution in [2.75, 3.05) is 33.0 Å². The van der Waals surface area contributed by atoms with Gasteiger partial charge in [-0.2, -0.15) is 0 Å². The van der Waals surface area contributed by atoms with Crippen molar-refractivity contribution in [2.24, 2.45) is 0 Å². The standard InChI is InChI=1S/C24H49NO4/c1-2-3-4-5-6-7-8-9-10-11-12-13-14-15-16-17-21-28-22-18-23-29-24(27)25-19-20-26/h26H,2-23H2,1H3,(H,25,27). The second kappa shape index (κ2) is 25.2. The molecular formula is C24H49NO4. The summed E-state index contributed by atoms with van der Waals surface area (Å²) in [4.78, 5) is 11.1. The minimum Gasteiger partial charge on any atom is -0.449 e. The van der Waals surface area contributed by atoms with Crippen LogP contribution in [-0.2, 0) is 9.47 Å². The average molecular weight is 416 g/mol. The summed E-state index contributed by atoms with van der Waals surface area (Å²) in [6, 6.07) is 0. The monoisotopic (exact) mass is 415 g/mol. The maximum atomic E-state index is 11.1. The first kappa shape index (κ1) is 28.2. The molecule has 0 aromatic rings. The summed E-state index contributed by atoms with van der Waals surface area (Å²) in [6.45, 7) is 4.23. The molecule has 0 bridgehead atoms. The molecule has 0 heterocycles. The Balaban J connectivity index is 3.04. The summed E-state index contributed by atoms with van der Waals surface area (Å²) in [5.74, 6) is 0. The minimum absolute atomic E-state index is 0.0719. The van der Waals surface area contributed by atoms with Gasteiger partial charge in [-0.15, -0.1) is 0 Å². The van der Waals surface area contributed by atoms with Crippen LogP contribution in [0.1, 0.15) is 116 Å². The smallest absolute Gasteiger partial charge is 0.407 e. The van der Waals surface area contributed by atoms with Gasteiger partial charge in [-0.05, 0) is 6.42 Å². The zero-order valence-corrected chi connectivity index (χ0v) is 19.2. The number of alkyl carbamates (subject to hydrolysis) is 1. The highest BCUT2D eigenvalue weighted by Crippen LogP contribution is 2.13. The van der Waals surface area contributed by atoms with Crippen LogP contribution in [0.5, 0.6) is 0 Å². The van der Waals surface area contributed by atoms with Gasteiger partial charge in [0, 0.05) is 26.2 Å². The molecule has 0 saturated heterocycles. The van der Waals surface area contributed by atoms with Crippen molar-refractivity contribution in [1.29, 1.82) is 0 Å². The highest BCUT2D eigenvalue weighted by molar-refractivity contribution is 5.66. The number of carbonyl (C=O) groups excluding carboxylic acids is 1. The highest BCUT2D eigenvalue weighted by atomic mass is 16.5. The van der Waals surface area contributed by atoms with Crippen LogP contribution in [0.25, 0.3) is 0 Å². The van der Waals surface area contributed by atoms with Gasteiger partial charge in [-0.25, -0.2) is 4.79 Å². The fourth-order valence-corrected chi connectivity index (χ4v) is 3.39. The van der Waals surface area contributed by atoms with E-state index in [0.717, 1.165) is 13.0 Å². The highest BCUT2D eigenvalue weighted by Gasteiger charge is 1.99. The molecule has 2 N–H and O–H groups in total. The van der Waals surface area contributed by atoms with Gasteiger partial charge in [0.25, 0.3) is 0 Å². The van der Waals surface area contributed by atoms with Gasteiger partial charge in [0.1, 0.15) is 0 Å². The van der Waals surface area contributed by atoms with Gasteiger partial charge < -0.3 is 19.9 Å². The molecule has 0 aromatic carbocycles. The SMILES string of the molecule is CCCCCCCCCCCCCCCCCCOCCCOC(=O)NCCO. The predicted octanol–water partition coefficient (Wildman–Crippen LogP) is 6.37. The largest absolute Gasteiger partial charge is 0.449 e. The molecule has 0 unspecified atom stereocenters. The topological polar surface area (TPSA) is 67.8 Å². The van der Waals surface area contributed by atoms with E-state index in [-0.39, 0.29) is 13.2 Å². The Kier molecular flexibility index (Phi) is 24.5. The Morgan fingerprint density at radius 1 is 0.655 bits per heavy atom. The molecule has 0 spiro atoms. The van der Waals surface area contributed by atoms with E-state index in [9.17, 15) is 4.79 Å². The lowest BCUT2D eigenvalue weighted by Crippen LogP contribution is -2.27. The molecule has 174 valence electrons. The van der Waals surface area contributed by atoms with E-state index < -0.39 is 6.09 Å². The van der Waals surface area contributed by atoms with Gasteiger partial charge in [-0.3, -0.25) is 0 Å². The number of aliphatic hydroxyl groups excluding tert-OH is 1. The number of amides is 1. The first-order valence-corrected chi connectivity index (χ1v) is 12.4. The molecule has 0 saturated carbocycles. The molecule has 0 aliphatic carbocycles. The van der Waals surface area contributed by atoms with Crippen LogP contribution in [0, 0.1) is 0 Å². The second-order valence-corrected chi connectivity index (χ2v) is 8.06. The van der Waals surface area contributed by atoms with Crippen molar-refractivity contribution in [1.82, 2.24) is 5.32 Å². The number of ether oxygens (including phenoxy) is 2. The molecule has 0 rings (SSSR count). The second-order valence-electron chi connectivity index (χ2n) is 8.06. The van der Waals surface area contributed by atoms with E-state index in [1.807, 2.05) is 0 Å². The van der Waals surface area contributed by atoms with Crippen molar-refractivity contribution in [3.05, 3.63) is 0 Å². The molecule has 0 radical (unpaired) electrons. The molecule has 5 nitrogen and oxygen atoms in total. The lowest BCUT2D eigenvalue weighted by molar-refractivity contribution is 0.0978. The number of carbonyl (C=O) groups is 1. The average Bonchev–Trinajstić information content (AvgIpc) is 2.73. The Hall–Kier alpha value is -0.810. The van der Waals surface area contributed by atoms with Crippen LogP contribution in [0.3, 0.4) is 0 Å². The fraction of sp³-hybridized carbons (Fsp3) is 0.958. The molecule has 0 atom stereocenters. The number of aliphatic hydroxyl groups is 1. The Morgan fingerprint density at radius 2 is 1.10 bits per heavy atom. The van der Waals surface area contributed by atoms with E-state index in [1.54, 1.807) is 0 Å². The molecule has 5 heteroatoms. The molecule has 0 fully saturated rings. The summed E-state index contributed by atoms with van der Waals surface area (Å²) >= 11 is 0. The summed E-state index contributed by atoms with van der Waals surface area (Å²) in [7, 11) is 0. The van der Waals surface area contributed by atoms with E-state index in [2.05, 4.69) is 12.2 Å². The number of hydrogen-bond donors (Lipinski definition) is 2. The zero-order valence-electron chi connectivity index (χ0n) is 19.2. The lowest BCUT2D eigenvalue weighted by atomic mass is 10.0. The first-order chi connectivity index (χ1) is 14.3. The van der Waals surface area contributed by atoms with Crippen molar-refractivity contribution in [3.8, 4) is 0 Å². The van der Waals surface area contributed by atoms with Gasteiger partial charge in [0.05, 0.1) is 13.2 Å². The molecule has 0 aliphatic rings. The molecule has 0 aliphatic heterocycles. The summed E-state index contributed by atoms with van der Waals surface area (Å²) in [5, 5.41) is 11.0. The third-order valence-electron chi connectivity index (χ3n) is 5.19. The van der Waals surface area contributed by atoms with Crippen molar-refractivity contribution >= 4 is 6.09 Å². The Morgan fingerprint density at radius 3 is 1.59 bits per heavy atom. The third kappa shape index (κ3) is 25.2. The van der Waals surface area contributed by atoms with Crippen molar-refractivity contribution < 1.29 is 19.4 Å². The number of hydrogen-bond acceptors (Lipinski definition) is 4. The summed E-state index contributed by atoms with van der Waals surface area (Å²) < 4.78 is 10.5. The number of unbranched alkanes of at least 4 members (excludes halogenated alkanes) is 15. The van der Waals surface area contributed by atoms with Crippen molar-refractivity contribution in [2.45, 2.75) is 116 Å². The van der Waals surface area contributed by atoms with Crippen LogP contribution in [0.2, 0.25) is 0 Å². The summed E-state index contributed by atoms with van der Waals surface area (Å²) in [5.41, 5.74) is 0. The van der Waals surface area contributed by atoms with Crippen LogP contribution < -0.4 is 5.32 Å². The molecular weight excluding hydrogens is 366 g/mol. The zero-order chi connectivity index (χ0) is 21.3. The fourth-order valence-electron chi connectivity index (χ4n) is 3.39. The normalized spacial score (nSPS) is 11.0. The first-order valence-electron chi connectivity index (χ1n) is 12.4. The summed E-state index contributed by atoms with van der Waals surface area (Å²) in [6.07, 6.45) is 22.3. The van der Waals surface area contributed by atoms with E-state index >= 15 is 0 Å². The van der Waals surface area contributed by atoms with Gasteiger partial charge in [-0.1, -0.05) is 103 Å². The van der Waals surface area contributed by atoms with E-state index in [0.29, 0.717) is 19.6 Å². The molecule has 29 heavy (non-hydrogen) atoms.